The molecule has 104 valence electrons. The molecular formula is C14H14ClN3O2. The monoisotopic (exact) mass is 291 g/mol. The van der Waals surface area contributed by atoms with Crippen LogP contribution in [-0.4, -0.2) is 21.8 Å². The smallest absolute Gasteiger partial charge is 0.146 e. The molecular weight excluding hydrogens is 278 g/mol. The van der Waals surface area contributed by atoms with E-state index in [-0.39, 0.29) is 0 Å². The molecule has 5 nitrogen and oxygen atoms in total. The Balaban J connectivity index is 2.13. The molecule has 6 heteroatoms. The lowest BCUT2D eigenvalue weighted by Crippen LogP contribution is -2.04. The summed E-state index contributed by atoms with van der Waals surface area (Å²) in [6, 6.07) is 7.72. The van der Waals surface area contributed by atoms with E-state index in [0.717, 1.165) is 34.1 Å². The molecule has 1 aromatic carbocycles. The summed E-state index contributed by atoms with van der Waals surface area (Å²) in [5.74, 6) is 2.64. The van der Waals surface area contributed by atoms with Gasteiger partial charge in [0.1, 0.15) is 28.5 Å². The van der Waals surface area contributed by atoms with Crippen molar-refractivity contribution in [3.05, 3.63) is 41.5 Å². The Kier molecular flexibility index (Phi) is 3.36. The van der Waals surface area contributed by atoms with Crippen LogP contribution < -0.4 is 4.74 Å². The number of fused-ring (bicyclic) bond motifs is 1. The molecule has 0 radical (unpaired) electrons. The van der Waals surface area contributed by atoms with Gasteiger partial charge in [0.15, 0.2) is 0 Å². The van der Waals surface area contributed by atoms with E-state index in [1.807, 2.05) is 35.8 Å². The highest BCUT2D eigenvalue weighted by Crippen LogP contribution is 2.27. The van der Waals surface area contributed by atoms with Gasteiger partial charge in [0, 0.05) is 6.07 Å². The van der Waals surface area contributed by atoms with Crippen LogP contribution >= 0.6 is 11.6 Å². The predicted molar refractivity (Wildman–Crippen MR) is 76.2 cm³/mol. The number of aryl methyl sites for hydroxylation is 1. The Morgan fingerprint density at radius 2 is 2.25 bits per heavy atom. The second kappa shape index (κ2) is 5.17. The average molecular weight is 292 g/mol. The van der Waals surface area contributed by atoms with Crippen molar-refractivity contribution < 1.29 is 9.26 Å². The lowest BCUT2D eigenvalue weighted by atomic mass is 10.3. The number of hydrogen-bond donors (Lipinski definition) is 0. The van der Waals surface area contributed by atoms with Crippen molar-refractivity contribution in [1.82, 2.24) is 14.7 Å². The van der Waals surface area contributed by atoms with E-state index in [9.17, 15) is 0 Å². The Bertz CT molecular complexity index is 748. The summed E-state index contributed by atoms with van der Waals surface area (Å²) in [7, 11) is 1.63. The van der Waals surface area contributed by atoms with Crippen LogP contribution in [0.5, 0.6) is 5.75 Å². The third-order valence-corrected chi connectivity index (χ3v) is 3.40. The molecule has 0 aliphatic heterocycles. The number of alkyl halides is 1. The van der Waals surface area contributed by atoms with E-state index < -0.39 is 0 Å². The molecule has 0 N–H and O–H groups in total. The number of rotatable bonds is 4. The minimum atomic E-state index is 0.328. The topological polar surface area (TPSA) is 53.1 Å². The van der Waals surface area contributed by atoms with Crippen LogP contribution in [0.4, 0.5) is 0 Å². The maximum Gasteiger partial charge on any atom is 0.146 e. The number of halogens is 1. The molecule has 0 saturated heterocycles. The zero-order chi connectivity index (χ0) is 14.1. The first kappa shape index (κ1) is 13.0. The average Bonchev–Trinajstić information content (AvgIpc) is 3.03. The van der Waals surface area contributed by atoms with Gasteiger partial charge in [0.05, 0.1) is 25.1 Å². The third kappa shape index (κ3) is 2.14. The summed E-state index contributed by atoms with van der Waals surface area (Å²) in [6.07, 6.45) is 0. The Morgan fingerprint density at radius 1 is 1.40 bits per heavy atom. The van der Waals surface area contributed by atoms with E-state index in [1.165, 1.54) is 0 Å². The first-order valence-electron chi connectivity index (χ1n) is 6.23. The van der Waals surface area contributed by atoms with Crippen LogP contribution in [0.1, 0.15) is 17.3 Å². The van der Waals surface area contributed by atoms with E-state index in [0.29, 0.717) is 12.4 Å². The number of hydrogen-bond acceptors (Lipinski definition) is 4. The standard InChI is InChI=1S/C14H14ClN3O2/c1-9-6-10(17-20-9)8-18-11-4-3-5-12(19-2)14(11)16-13(18)7-15/h3-6H,7-8H2,1-2H3. The van der Waals surface area contributed by atoms with Gasteiger partial charge < -0.3 is 13.8 Å². The van der Waals surface area contributed by atoms with Gasteiger partial charge in [-0.05, 0) is 19.1 Å². The minimum absolute atomic E-state index is 0.328. The van der Waals surface area contributed by atoms with E-state index in [1.54, 1.807) is 7.11 Å². The quantitative estimate of drug-likeness (QED) is 0.693. The molecule has 0 aliphatic rings. The zero-order valence-corrected chi connectivity index (χ0v) is 12.0. The van der Waals surface area contributed by atoms with Crippen molar-refractivity contribution in [3.8, 4) is 5.75 Å². The molecule has 0 aliphatic carbocycles. The van der Waals surface area contributed by atoms with Crippen LogP contribution in [0.15, 0.2) is 28.8 Å². The minimum Gasteiger partial charge on any atom is -0.494 e. The van der Waals surface area contributed by atoms with Gasteiger partial charge in [-0.3, -0.25) is 0 Å². The maximum absolute atomic E-state index is 6.00. The highest BCUT2D eigenvalue weighted by molar-refractivity contribution is 6.16. The van der Waals surface area contributed by atoms with Crippen molar-refractivity contribution >= 4 is 22.6 Å². The summed E-state index contributed by atoms with van der Waals surface area (Å²) in [6.45, 7) is 2.44. The lowest BCUT2D eigenvalue weighted by molar-refractivity contribution is 0.389. The summed E-state index contributed by atoms with van der Waals surface area (Å²) < 4.78 is 12.5. The molecule has 0 amide bonds. The fraction of sp³-hybridized carbons (Fsp3) is 0.286. The van der Waals surface area contributed by atoms with Crippen LogP contribution in [0.3, 0.4) is 0 Å². The van der Waals surface area contributed by atoms with Crippen molar-refractivity contribution in [2.24, 2.45) is 0 Å². The first-order chi connectivity index (χ1) is 9.72. The number of imidazole rings is 1. The number of para-hydroxylation sites is 1. The third-order valence-electron chi connectivity index (χ3n) is 3.16. The SMILES string of the molecule is COc1cccc2c1nc(CCl)n2Cc1cc(C)on1. The van der Waals surface area contributed by atoms with E-state index >= 15 is 0 Å². The second-order valence-corrected chi connectivity index (χ2v) is 4.77. The molecule has 20 heavy (non-hydrogen) atoms. The summed E-state index contributed by atoms with van der Waals surface area (Å²) in [5, 5.41) is 4.02. The molecule has 0 fully saturated rings. The fourth-order valence-corrected chi connectivity index (χ4v) is 2.47. The molecule has 2 aromatic heterocycles. The normalized spacial score (nSPS) is 11.2. The van der Waals surface area contributed by atoms with Crippen LogP contribution in [-0.2, 0) is 12.4 Å². The Morgan fingerprint density at radius 3 is 2.90 bits per heavy atom. The lowest BCUT2D eigenvalue weighted by Gasteiger charge is -2.05. The molecule has 0 spiro atoms. The van der Waals surface area contributed by atoms with Crippen molar-refractivity contribution in [2.45, 2.75) is 19.3 Å². The largest absolute Gasteiger partial charge is 0.494 e. The first-order valence-corrected chi connectivity index (χ1v) is 6.76. The van der Waals surface area contributed by atoms with Crippen molar-refractivity contribution in [2.75, 3.05) is 7.11 Å². The van der Waals surface area contributed by atoms with Crippen LogP contribution in [0, 0.1) is 6.92 Å². The van der Waals surface area contributed by atoms with Gasteiger partial charge >= 0.3 is 0 Å². The van der Waals surface area contributed by atoms with Gasteiger partial charge in [-0.1, -0.05) is 11.2 Å². The number of benzene rings is 1. The summed E-state index contributed by atoms with van der Waals surface area (Å²) >= 11 is 6.00. The molecule has 0 unspecified atom stereocenters. The number of ether oxygens (including phenoxy) is 1. The molecule has 3 aromatic rings. The van der Waals surface area contributed by atoms with Crippen molar-refractivity contribution in [3.63, 3.8) is 0 Å². The van der Waals surface area contributed by atoms with Crippen LogP contribution in [0.2, 0.25) is 0 Å². The summed E-state index contributed by atoms with van der Waals surface area (Å²) in [5.41, 5.74) is 2.63. The van der Waals surface area contributed by atoms with Gasteiger partial charge in [-0.15, -0.1) is 11.6 Å². The number of aromatic nitrogens is 3. The molecule has 0 atom stereocenters. The van der Waals surface area contributed by atoms with Crippen molar-refractivity contribution in [1.29, 1.82) is 0 Å². The molecule has 0 bridgehead atoms. The second-order valence-electron chi connectivity index (χ2n) is 4.50. The van der Waals surface area contributed by atoms with E-state index in [4.69, 9.17) is 20.9 Å². The highest BCUT2D eigenvalue weighted by atomic mass is 35.5. The number of nitrogens with zero attached hydrogens (tertiary/aromatic N) is 3. The Hall–Kier alpha value is -2.01. The highest BCUT2D eigenvalue weighted by Gasteiger charge is 2.14. The van der Waals surface area contributed by atoms with Gasteiger partial charge in [-0.2, -0.15) is 0 Å². The van der Waals surface area contributed by atoms with E-state index in [2.05, 4.69) is 10.1 Å². The number of methoxy groups -OCH3 is 1. The molecule has 0 saturated carbocycles. The zero-order valence-electron chi connectivity index (χ0n) is 11.3. The predicted octanol–water partition coefficient (Wildman–Crippen LogP) is 3.13. The summed E-state index contributed by atoms with van der Waals surface area (Å²) in [4.78, 5) is 4.55. The Labute approximate surface area is 121 Å². The fourth-order valence-electron chi connectivity index (χ4n) is 2.27. The van der Waals surface area contributed by atoms with Gasteiger partial charge in [-0.25, -0.2) is 4.98 Å². The van der Waals surface area contributed by atoms with Gasteiger partial charge in [0.25, 0.3) is 0 Å². The maximum atomic E-state index is 6.00. The molecule has 2 heterocycles. The van der Waals surface area contributed by atoms with Gasteiger partial charge in [0.2, 0.25) is 0 Å². The molecule has 3 rings (SSSR count). The van der Waals surface area contributed by atoms with Crippen LogP contribution in [0.25, 0.3) is 11.0 Å².